The van der Waals surface area contributed by atoms with Crippen molar-refractivity contribution < 1.29 is 4.79 Å². The molecular formula is C19H21N3O. The van der Waals surface area contributed by atoms with Gasteiger partial charge in [-0.2, -0.15) is 0 Å². The van der Waals surface area contributed by atoms with Gasteiger partial charge in [0.1, 0.15) is 0 Å². The van der Waals surface area contributed by atoms with Crippen LogP contribution in [0.15, 0.2) is 54.6 Å². The number of amides is 2. The SMILES string of the molecule is Cc1cccc(N2C[C@@H]3CN(c4ccccc4)CCN3C2=O)c1. The number of fused-ring (bicyclic) bond motifs is 1. The van der Waals surface area contributed by atoms with Crippen LogP contribution in [-0.4, -0.2) is 43.2 Å². The first kappa shape index (κ1) is 14.1. The third-order valence-electron chi connectivity index (χ3n) is 4.79. The minimum Gasteiger partial charge on any atom is -0.368 e. The number of carbonyl (C=O) groups is 1. The predicted molar refractivity (Wildman–Crippen MR) is 93.1 cm³/mol. The largest absolute Gasteiger partial charge is 0.368 e. The highest BCUT2D eigenvalue weighted by Gasteiger charge is 2.41. The van der Waals surface area contributed by atoms with Crippen LogP contribution in [0.4, 0.5) is 16.2 Å². The first-order chi connectivity index (χ1) is 11.2. The number of hydrogen-bond acceptors (Lipinski definition) is 2. The summed E-state index contributed by atoms with van der Waals surface area (Å²) in [6, 6.07) is 19.1. The van der Waals surface area contributed by atoms with E-state index in [0.29, 0.717) is 0 Å². The summed E-state index contributed by atoms with van der Waals surface area (Å²) in [7, 11) is 0. The van der Waals surface area contributed by atoms with Crippen LogP contribution < -0.4 is 9.80 Å². The van der Waals surface area contributed by atoms with Crippen LogP contribution in [0.1, 0.15) is 5.56 Å². The Labute approximate surface area is 136 Å². The van der Waals surface area contributed by atoms with Gasteiger partial charge in [-0.1, -0.05) is 30.3 Å². The second kappa shape index (κ2) is 5.61. The molecule has 0 unspecified atom stereocenters. The van der Waals surface area contributed by atoms with E-state index in [0.717, 1.165) is 31.9 Å². The number of para-hydroxylation sites is 1. The average molecular weight is 307 g/mol. The van der Waals surface area contributed by atoms with E-state index in [9.17, 15) is 4.79 Å². The normalized spacial score (nSPS) is 20.8. The standard InChI is InChI=1S/C19H21N3O/c1-15-6-5-9-17(12-15)22-14-18-13-20(10-11-21(18)19(22)23)16-7-3-2-4-8-16/h2-9,12,18H,10-11,13-14H2,1H3/t18-/m0/s1. The molecule has 2 aromatic rings. The lowest BCUT2D eigenvalue weighted by Gasteiger charge is -2.37. The summed E-state index contributed by atoms with van der Waals surface area (Å²) in [6.07, 6.45) is 0. The van der Waals surface area contributed by atoms with Crippen molar-refractivity contribution in [3.05, 3.63) is 60.2 Å². The van der Waals surface area contributed by atoms with Crippen LogP contribution in [-0.2, 0) is 0 Å². The van der Waals surface area contributed by atoms with E-state index < -0.39 is 0 Å². The van der Waals surface area contributed by atoms with E-state index in [4.69, 9.17) is 0 Å². The number of benzene rings is 2. The molecule has 2 fully saturated rings. The van der Waals surface area contributed by atoms with Crippen LogP contribution in [0.5, 0.6) is 0 Å². The second-order valence-corrected chi connectivity index (χ2v) is 6.36. The average Bonchev–Trinajstić information content (AvgIpc) is 2.92. The summed E-state index contributed by atoms with van der Waals surface area (Å²) in [4.78, 5) is 19.1. The van der Waals surface area contributed by atoms with Crippen LogP contribution in [0.25, 0.3) is 0 Å². The summed E-state index contributed by atoms with van der Waals surface area (Å²) in [6.45, 7) is 5.42. The molecule has 2 aliphatic rings. The molecule has 2 aliphatic heterocycles. The van der Waals surface area contributed by atoms with Crippen LogP contribution in [0.3, 0.4) is 0 Å². The zero-order chi connectivity index (χ0) is 15.8. The predicted octanol–water partition coefficient (Wildman–Crippen LogP) is 3.13. The maximum Gasteiger partial charge on any atom is 0.324 e. The molecule has 2 heterocycles. The Morgan fingerprint density at radius 3 is 2.48 bits per heavy atom. The van der Waals surface area contributed by atoms with Crippen molar-refractivity contribution in [1.82, 2.24) is 4.90 Å². The Morgan fingerprint density at radius 2 is 1.70 bits per heavy atom. The molecule has 118 valence electrons. The third-order valence-corrected chi connectivity index (χ3v) is 4.79. The highest BCUT2D eigenvalue weighted by Crippen LogP contribution is 2.28. The summed E-state index contributed by atoms with van der Waals surface area (Å²) in [5, 5.41) is 0. The van der Waals surface area contributed by atoms with Crippen molar-refractivity contribution in [1.29, 1.82) is 0 Å². The first-order valence-electron chi connectivity index (χ1n) is 8.17. The Balaban J connectivity index is 1.54. The quantitative estimate of drug-likeness (QED) is 0.852. The minimum atomic E-state index is 0.147. The van der Waals surface area contributed by atoms with Gasteiger partial charge in [-0.25, -0.2) is 4.79 Å². The van der Waals surface area contributed by atoms with Gasteiger partial charge in [0.05, 0.1) is 6.04 Å². The lowest BCUT2D eigenvalue weighted by molar-refractivity contribution is 0.199. The molecule has 0 spiro atoms. The van der Waals surface area contributed by atoms with Crippen LogP contribution in [0, 0.1) is 6.92 Å². The molecule has 23 heavy (non-hydrogen) atoms. The lowest BCUT2D eigenvalue weighted by atomic mass is 10.1. The van der Waals surface area contributed by atoms with Gasteiger partial charge >= 0.3 is 6.03 Å². The van der Waals surface area contributed by atoms with Gasteiger partial charge in [0.15, 0.2) is 0 Å². The van der Waals surface area contributed by atoms with E-state index in [1.54, 1.807) is 0 Å². The summed E-state index contributed by atoms with van der Waals surface area (Å²) < 4.78 is 0. The fraction of sp³-hybridized carbons (Fsp3) is 0.316. The smallest absolute Gasteiger partial charge is 0.324 e. The number of nitrogens with zero attached hydrogens (tertiary/aromatic N) is 3. The van der Waals surface area contributed by atoms with E-state index >= 15 is 0 Å². The molecular weight excluding hydrogens is 286 g/mol. The molecule has 0 bridgehead atoms. The molecule has 2 amide bonds. The molecule has 0 N–H and O–H groups in total. The third kappa shape index (κ3) is 2.54. The fourth-order valence-corrected chi connectivity index (χ4v) is 3.59. The molecule has 2 saturated heterocycles. The highest BCUT2D eigenvalue weighted by molar-refractivity contribution is 5.95. The molecule has 4 rings (SSSR count). The molecule has 4 nitrogen and oxygen atoms in total. The van der Waals surface area contributed by atoms with Crippen LogP contribution >= 0.6 is 0 Å². The van der Waals surface area contributed by atoms with Crippen molar-refractivity contribution in [2.24, 2.45) is 0 Å². The van der Waals surface area contributed by atoms with Gasteiger partial charge in [0.25, 0.3) is 0 Å². The maximum atomic E-state index is 12.7. The molecule has 0 saturated carbocycles. The number of hydrogen-bond donors (Lipinski definition) is 0. The van der Waals surface area contributed by atoms with Crippen molar-refractivity contribution in [2.45, 2.75) is 13.0 Å². The van der Waals surface area contributed by atoms with Crippen LogP contribution in [0.2, 0.25) is 0 Å². The van der Waals surface area contributed by atoms with Crippen molar-refractivity contribution >= 4 is 17.4 Å². The molecule has 1 atom stereocenters. The zero-order valence-electron chi connectivity index (χ0n) is 13.4. The van der Waals surface area contributed by atoms with Crippen molar-refractivity contribution in [2.75, 3.05) is 36.0 Å². The maximum absolute atomic E-state index is 12.7. The number of aryl methyl sites for hydroxylation is 1. The number of urea groups is 1. The van der Waals surface area contributed by atoms with Gasteiger partial charge in [-0.3, -0.25) is 4.90 Å². The molecule has 0 radical (unpaired) electrons. The molecule has 4 heteroatoms. The zero-order valence-corrected chi connectivity index (χ0v) is 13.4. The van der Waals surface area contributed by atoms with Crippen molar-refractivity contribution in [3.63, 3.8) is 0 Å². The van der Waals surface area contributed by atoms with Gasteiger partial charge in [-0.15, -0.1) is 0 Å². The van der Waals surface area contributed by atoms with Crippen molar-refractivity contribution in [3.8, 4) is 0 Å². The summed E-state index contributed by atoms with van der Waals surface area (Å²) in [5.41, 5.74) is 3.44. The first-order valence-corrected chi connectivity index (χ1v) is 8.17. The molecule has 0 aromatic heterocycles. The number of anilines is 2. The Bertz CT molecular complexity index is 716. The van der Waals surface area contributed by atoms with Gasteiger partial charge in [-0.05, 0) is 36.8 Å². The Morgan fingerprint density at radius 1 is 0.913 bits per heavy atom. The Kier molecular flexibility index (Phi) is 3.45. The van der Waals surface area contributed by atoms with E-state index in [1.807, 2.05) is 28.0 Å². The van der Waals surface area contributed by atoms with Gasteiger partial charge < -0.3 is 9.80 Å². The minimum absolute atomic E-state index is 0.147. The second-order valence-electron chi connectivity index (χ2n) is 6.36. The number of rotatable bonds is 2. The lowest BCUT2D eigenvalue weighted by Crippen LogP contribution is -2.52. The van der Waals surface area contributed by atoms with Gasteiger partial charge in [0.2, 0.25) is 0 Å². The number of carbonyl (C=O) groups excluding carboxylic acids is 1. The fourth-order valence-electron chi connectivity index (χ4n) is 3.59. The van der Waals surface area contributed by atoms with Gasteiger partial charge in [0, 0.05) is 37.6 Å². The molecule has 2 aromatic carbocycles. The summed E-state index contributed by atoms with van der Waals surface area (Å²) in [5.74, 6) is 0. The Hall–Kier alpha value is -2.49. The van der Waals surface area contributed by atoms with E-state index in [-0.39, 0.29) is 12.1 Å². The molecule has 0 aliphatic carbocycles. The summed E-state index contributed by atoms with van der Waals surface area (Å²) >= 11 is 0. The monoisotopic (exact) mass is 307 g/mol. The number of piperazine rings is 1. The highest BCUT2D eigenvalue weighted by atomic mass is 16.2. The topological polar surface area (TPSA) is 26.8 Å². The van der Waals surface area contributed by atoms with E-state index in [1.165, 1.54) is 11.3 Å². The van der Waals surface area contributed by atoms with E-state index in [2.05, 4.69) is 48.2 Å².